The summed E-state index contributed by atoms with van der Waals surface area (Å²) in [6, 6.07) is 3.56. The first kappa shape index (κ1) is 14.3. The van der Waals surface area contributed by atoms with Gasteiger partial charge in [0.15, 0.2) is 5.78 Å². The van der Waals surface area contributed by atoms with Crippen molar-refractivity contribution in [1.82, 2.24) is 0 Å². The second kappa shape index (κ2) is 6.23. The summed E-state index contributed by atoms with van der Waals surface area (Å²) in [7, 11) is 0. The maximum Gasteiger partial charge on any atom is 0.160 e. The fourth-order valence-corrected chi connectivity index (χ4v) is 2.04. The van der Waals surface area contributed by atoms with E-state index in [1.807, 2.05) is 0 Å². The van der Waals surface area contributed by atoms with Crippen LogP contribution in [0.2, 0.25) is 0 Å². The van der Waals surface area contributed by atoms with Gasteiger partial charge in [-0.2, -0.15) is 0 Å². The number of hydrogen-bond donors (Lipinski definition) is 2. The van der Waals surface area contributed by atoms with Crippen LogP contribution in [-0.2, 0) is 0 Å². The van der Waals surface area contributed by atoms with Gasteiger partial charge in [0.05, 0.1) is 6.10 Å². The van der Waals surface area contributed by atoms with E-state index in [1.165, 1.54) is 13.0 Å². The maximum absolute atomic E-state index is 13.1. The first-order valence-corrected chi connectivity index (χ1v) is 6.32. The Labute approximate surface area is 107 Å². The van der Waals surface area contributed by atoms with Crippen molar-refractivity contribution in [2.45, 2.75) is 25.6 Å². The number of carbonyl (C=O) groups is 1. The van der Waals surface area contributed by atoms with Crippen LogP contribution in [0.25, 0.3) is 0 Å². The Bertz CT molecular complexity index is 409. The second-order valence-corrected chi connectivity index (χ2v) is 4.57. The smallest absolute Gasteiger partial charge is 0.160 e. The highest BCUT2D eigenvalue weighted by atomic mass is 79.9. The third-order valence-electron chi connectivity index (χ3n) is 2.48. The highest BCUT2D eigenvalue weighted by Gasteiger charge is 2.22. The lowest BCUT2D eigenvalue weighted by molar-refractivity contribution is 0.0167. The summed E-state index contributed by atoms with van der Waals surface area (Å²) < 4.78 is 13.1. The SMILES string of the molecule is CC(=O)c1ccc(F)cc1C(O)C(O)CCBr. The third kappa shape index (κ3) is 3.59. The molecule has 0 fully saturated rings. The maximum atomic E-state index is 13.1. The molecule has 94 valence electrons. The number of benzene rings is 1. The lowest BCUT2D eigenvalue weighted by atomic mass is 9.95. The van der Waals surface area contributed by atoms with E-state index in [0.717, 1.165) is 12.1 Å². The molecule has 0 heterocycles. The van der Waals surface area contributed by atoms with Crippen LogP contribution in [0.4, 0.5) is 4.39 Å². The summed E-state index contributed by atoms with van der Waals surface area (Å²) in [6.07, 6.45) is -1.98. The molecule has 0 spiro atoms. The first-order valence-electron chi connectivity index (χ1n) is 5.20. The third-order valence-corrected chi connectivity index (χ3v) is 2.94. The summed E-state index contributed by atoms with van der Waals surface area (Å²) in [6.45, 7) is 1.33. The molecule has 3 nitrogen and oxygen atoms in total. The molecular formula is C12H14BrFO3. The van der Waals surface area contributed by atoms with E-state index in [2.05, 4.69) is 15.9 Å². The van der Waals surface area contributed by atoms with Gasteiger partial charge in [0.2, 0.25) is 0 Å². The van der Waals surface area contributed by atoms with Gasteiger partial charge in [-0.3, -0.25) is 4.79 Å². The van der Waals surface area contributed by atoms with Gasteiger partial charge < -0.3 is 10.2 Å². The summed E-state index contributed by atoms with van der Waals surface area (Å²) >= 11 is 3.14. The summed E-state index contributed by atoms with van der Waals surface area (Å²) in [4.78, 5) is 11.3. The zero-order chi connectivity index (χ0) is 13.0. The van der Waals surface area contributed by atoms with Crippen molar-refractivity contribution < 1.29 is 19.4 Å². The van der Waals surface area contributed by atoms with Gasteiger partial charge in [-0.05, 0) is 37.1 Å². The van der Waals surface area contributed by atoms with Crippen molar-refractivity contribution in [2.24, 2.45) is 0 Å². The molecule has 17 heavy (non-hydrogen) atoms. The van der Waals surface area contributed by atoms with Gasteiger partial charge in [-0.1, -0.05) is 15.9 Å². The average molecular weight is 305 g/mol. The molecule has 2 unspecified atom stereocenters. The largest absolute Gasteiger partial charge is 0.390 e. The molecule has 1 aromatic rings. The lowest BCUT2D eigenvalue weighted by Crippen LogP contribution is -2.20. The second-order valence-electron chi connectivity index (χ2n) is 3.78. The van der Waals surface area contributed by atoms with Gasteiger partial charge in [0.25, 0.3) is 0 Å². The molecule has 1 rings (SSSR count). The van der Waals surface area contributed by atoms with Crippen molar-refractivity contribution in [3.8, 4) is 0 Å². The molecule has 0 amide bonds. The molecular weight excluding hydrogens is 291 g/mol. The molecule has 2 N–H and O–H groups in total. The van der Waals surface area contributed by atoms with E-state index in [1.54, 1.807) is 0 Å². The zero-order valence-electron chi connectivity index (χ0n) is 9.36. The summed E-state index contributed by atoms with van der Waals surface area (Å²) in [5, 5.41) is 20.0. The normalized spacial score (nSPS) is 14.4. The minimum absolute atomic E-state index is 0.131. The van der Waals surface area contributed by atoms with Gasteiger partial charge >= 0.3 is 0 Å². The number of carbonyl (C=O) groups excluding carboxylic acids is 1. The number of aliphatic hydroxyl groups excluding tert-OH is 2. The Balaban J connectivity index is 3.10. The van der Waals surface area contributed by atoms with Gasteiger partial charge in [0, 0.05) is 10.9 Å². The van der Waals surface area contributed by atoms with E-state index >= 15 is 0 Å². The Hall–Kier alpha value is -0.780. The number of alkyl halides is 1. The number of hydrogen-bond acceptors (Lipinski definition) is 3. The molecule has 5 heteroatoms. The Morgan fingerprint density at radius 3 is 2.65 bits per heavy atom. The van der Waals surface area contributed by atoms with Crippen LogP contribution in [0.15, 0.2) is 18.2 Å². The molecule has 2 atom stereocenters. The summed E-state index contributed by atoms with van der Waals surface area (Å²) in [5.41, 5.74) is 0.360. The highest BCUT2D eigenvalue weighted by Crippen LogP contribution is 2.24. The van der Waals surface area contributed by atoms with Crippen LogP contribution in [-0.4, -0.2) is 27.4 Å². The Morgan fingerprint density at radius 1 is 1.47 bits per heavy atom. The van der Waals surface area contributed by atoms with E-state index in [0.29, 0.717) is 11.8 Å². The van der Waals surface area contributed by atoms with E-state index in [-0.39, 0.29) is 16.9 Å². The molecule has 0 aromatic heterocycles. The van der Waals surface area contributed by atoms with Crippen molar-refractivity contribution in [3.63, 3.8) is 0 Å². The molecule has 0 saturated heterocycles. The van der Waals surface area contributed by atoms with Crippen molar-refractivity contribution in [2.75, 3.05) is 5.33 Å². The monoisotopic (exact) mass is 304 g/mol. The molecule has 0 bridgehead atoms. The van der Waals surface area contributed by atoms with Crippen LogP contribution >= 0.6 is 15.9 Å². The topological polar surface area (TPSA) is 57.5 Å². The number of Topliss-reactive ketones (excluding diaryl/α,β-unsaturated/α-hetero) is 1. The standard InChI is InChI=1S/C12H14BrFO3/c1-7(15)9-3-2-8(14)6-10(9)12(17)11(16)4-5-13/h2-3,6,11-12,16-17H,4-5H2,1H3. The van der Waals surface area contributed by atoms with Crippen molar-refractivity contribution >= 4 is 21.7 Å². The average Bonchev–Trinajstić information content (AvgIpc) is 2.27. The minimum atomic E-state index is -1.26. The number of rotatable bonds is 5. The molecule has 0 aliphatic carbocycles. The van der Waals surface area contributed by atoms with Crippen LogP contribution in [0.3, 0.4) is 0 Å². The van der Waals surface area contributed by atoms with E-state index in [4.69, 9.17) is 0 Å². The predicted octanol–water partition coefficient (Wildman–Crippen LogP) is 2.21. The minimum Gasteiger partial charge on any atom is -0.390 e. The molecule has 1 aromatic carbocycles. The number of ketones is 1. The fraction of sp³-hybridized carbons (Fsp3) is 0.417. The molecule has 0 saturated carbocycles. The fourth-order valence-electron chi connectivity index (χ4n) is 1.58. The summed E-state index contributed by atoms with van der Waals surface area (Å²) in [5.74, 6) is -0.819. The predicted molar refractivity (Wildman–Crippen MR) is 65.8 cm³/mol. The molecule has 0 radical (unpaired) electrons. The van der Waals surface area contributed by atoms with Crippen molar-refractivity contribution in [3.05, 3.63) is 35.1 Å². The van der Waals surface area contributed by atoms with Crippen LogP contribution < -0.4 is 0 Å². The van der Waals surface area contributed by atoms with Crippen molar-refractivity contribution in [1.29, 1.82) is 0 Å². The lowest BCUT2D eigenvalue weighted by Gasteiger charge is -2.19. The first-order chi connectivity index (χ1) is 7.97. The Kier molecular flexibility index (Phi) is 5.24. The van der Waals surface area contributed by atoms with E-state index in [9.17, 15) is 19.4 Å². The Morgan fingerprint density at radius 2 is 2.12 bits per heavy atom. The van der Waals surface area contributed by atoms with Gasteiger partial charge in [0.1, 0.15) is 11.9 Å². The van der Waals surface area contributed by atoms with Crippen LogP contribution in [0.5, 0.6) is 0 Å². The van der Waals surface area contributed by atoms with Gasteiger partial charge in [-0.25, -0.2) is 4.39 Å². The molecule has 0 aliphatic heterocycles. The van der Waals surface area contributed by atoms with E-state index < -0.39 is 18.0 Å². The van der Waals surface area contributed by atoms with Gasteiger partial charge in [-0.15, -0.1) is 0 Å². The molecule has 0 aliphatic rings. The van der Waals surface area contributed by atoms with Crippen LogP contribution in [0, 0.1) is 5.82 Å². The number of halogens is 2. The number of aliphatic hydroxyl groups is 2. The zero-order valence-corrected chi connectivity index (χ0v) is 10.9. The van der Waals surface area contributed by atoms with Crippen LogP contribution in [0.1, 0.15) is 35.4 Å². The highest BCUT2D eigenvalue weighted by molar-refractivity contribution is 9.09. The quantitative estimate of drug-likeness (QED) is 0.648.